The van der Waals surface area contributed by atoms with Crippen molar-refractivity contribution in [3.8, 4) is 0 Å². The summed E-state index contributed by atoms with van der Waals surface area (Å²) in [5.74, 6) is -0.188. The summed E-state index contributed by atoms with van der Waals surface area (Å²) < 4.78 is 12.8. The van der Waals surface area contributed by atoms with Gasteiger partial charge in [-0.1, -0.05) is 12.1 Å². The highest BCUT2D eigenvalue weighted by molar-refractivity contribution is 7.11. The minimum Gasteiger partial charge on any atom is -0.326 e. The van der Waals surface area contributed by atoms with E-state index in [1.165, 1.54) is 21.9 Å². The van der Waals surface area contributed by atoms with Gasteiger partial charge in [0.05, 0.1) is 0 Å². The van der Waals surface area contributed by atoms with E-state index in [1.54, 1.807) is 11.3 Å². The quantitative estimate of drug-likeness (QED) is 0.899. The molecule has 0 aliphatic rings. The maximum absolute atomic E-state index is 12.8. The Kier molecular flexibility index (Phi) is 4.47. The SMILES string of the molecule is CN(Cc1ccc(F)cc1)Cc1ccc(CN)s1. The van der Waals surface area contributed by atoms with Crippen molar-refractivity contribution in [2.24, 2.45) is 5.73 Å². The van der Waals surface area contributed by atoms with E-state index in [0.29, 0.717) is 6.54 Å². The summed E-state index contributed by atoms with van der Waals surface area (Å²) in [6, 6.07) is 10.8. The van der Waals surface area contributed by atoms with Crippen LogP contribution in [-0.2, 0) is 19.6 Å². The zero-order chi connectivity index (χ0) is 13.0. The second-order valence-corrected chi connectivity index (χ2v) is 5.62. The van der Waals surface area contributed by atoms with Crippen LogP contribution in [0.5, 0.6) is 0 Å². The summed E-state index contributed by atoms with van der Waals surface area (Å²) in [6.45, 7) is 2.31. The third kappa shape index (κ3) is 3.63. The molecule has 2 rings (SSSR count). The van der Waals surface area contributed by atoms with Crippen LogP contribution in [0.15, 0.2) is 36.4 Å². The Hall–Kier alpha value is -1.23. The zero-order valence-corrected chi connectivity index (χ0v) is 11.2. The van der Waals surface area contributed by atoms with Gasteiger partial charge in [-0.15, -0.1) is 11.3 Å². The van der Waals surface area contributed by atoms with Crippen LogP contribution in [0.2, 0.25) is 0 Å². The molecule has 4 heteroatoms. The minimum atomic E-state index is -0.188. The molecule has 1 aromatic heterocycles. The van der Waals surface area contributed by atoms with Crippen molar-refractivity contribution in [1.82, 2.24) is 4.90 Å². The van der Waals surface area contributed by atoms with E-state index in [2.05, 4.69) is 24.1 Å². The number of thiophene rings is 1. The normalized spacial score (nSPS) is 11.1. The first kappa shape index (κ1) is 13.2. The Balaban J connectivity index is 1.91. The molecular formula is C14H17FN2S. The Bertz CT molecular complexity index is 493. The van der Waals surface area contributed by atoms with Crippen LogP contribution < -0.4 is 5.73 Å². The summed E-state index contributed by atoms with van der Waals surface area (Å²) in [4.78, 5) is 4.72. The van der Waals surface area contributed by atoms with Crippen LogP contribution >= 0.6 is 11.3 Å². The molecule has 0 radical (unpaired) electrons. The minimum absolute atomic E-state index is 0.188. The van der Waals surface area contributed by atoms with Gasteiger partial charge in [0.15, 0.2) is 0 Å². The highest BCUT2D eigenvalue weighted by Crippen LogP contribution is 2.18. The lowest BCUT2D eigenvalue weighted by molar-refractivity contribution is 0.322. The number of hydrogen-bond donors (Lipinski definition) is 1. The molecule has 0 saturated heterocycles. The molecule has 1 heterocycles. The average Bonchev–Trinajstić information content (AvgIpc) is 2.79. The first-order valence-corrected chi connectivity index (χ1v) is 6.69. The van der Waals surface area contributed by atoms with Crippen molar-refractivity contribution in [3.05, 3.63) is 57.5 Å². The molecule has 2 nitrogen and oxygen atoms in total. The van der Waals surface area contributed by atoms with Crippen molar-refractivity contribution >= 4 is 11.3 Å². The van der Waals surface area contributed by atoms with Crippen molar-refractivity contribution in [1.29, 1.82) is 0 Å². The van der Waals surface area contributed by atoms with Crippen molar-refractivity contribution in [2.75, 3.05) is 7.05 Å². The lowest BCUT2D eigenvalue weighted by atomic mass is 10.2. The standard InChI is InChI=1S/C14H17FN2S/c1-17(9-11-2-4-12(15)5-3-11)10-14-7-6-13(8-16)18-14/h2-7H,8-10,16H2,1H3. The van der Waals surface area contributed by atoms with Crippen molar-refractivity contribution < 1.29 is 4.39 Å². The lowest BCUT2D eigenvalue weighted by Gasteiger charge is -2.15. The van der Waals surface area contributed by atoms with E-state index >= 15 is 0 Å². The molecule has 0 fully saturated rings. The zero-order valence-electron chi connectivity index (χ0n) is 10.4. The van der Waals surface area contributed by atoms with Gasteiger partial charge in [0.25, 0.3) is 0 Å². The summed E-state index contributed by atoms with van der Waals surface area (Å²) >= 11 is 1.75. The number of hydrogen-bond acceptors (Lipinski definition) is 3. The first-order valence-electron chi connectivity index (χ1n) is 5.88. The molecule has 0 unspecified atom stereocenters. The monoisotopic (exact) mass is 264 g/mol. The van der Waals surface area contributed by atoms with Crippen LogP contribution in [0.3, 0.4) is 0 Å². The highest BCUT2D eigenvalue weighted by atomic mass is 32.1. The number of halogens is 1. The molecule has 18 heavy (non-hydrogen) atoms. The summed E-state index contributed by atoms with van der Waals surface area (Å²) in [7, 11) is 2.06. The molecule has 0 saturated carbocycles. The second-order valence-electron chi connectivity index (χ2n) is 4.37. The van der Waals surface area contributed by atoms with Gasteiger partial charge >= 0.3 is 0 Å². The topological polar surface area (TPSA) is 29.3 Å². The molecule has 0 bridgehead atoms. The molecule has 0 aliphatic carbocycles. The molecular weight excluding hydrogens is 247 g/mol. The molecule has 0 aliphatic heterocycles. The van der Waals surface area contributed by atoms with Gasteiger partial charge in [-0.05, 0) is 36.9 Å². The molecule has 0 spiro atoms. The molecule has 1 aromatic carbocycles. The van der Waals surface area contributed by atoms with Crippen LogP contribution in [0.25, 0.3) is 0 Å². The summed E-state index contributed by atoms with van der Waals surface area (Å²) in [6.07, 6.45) is 0. The average molecular weight is 264 g/mol. The van der Waals surface area contributed by atoms with Gasteiger partial charge in [-0.2, -0.15) is 0 Å². The fourth-order valence-corrected chi connectivity index (χ4v) is 2.82. The van der Waals surface area contributed by atoms with Gasteiger partial charge in [0, 0.05) is 29.4 Å². The number of benzene rings is 1. The van der Waals surface area contributed by atoms with Gasteiger partial charge in [-0.25, -0.2) is 4.39 Å². The molecule has 0 amide bonds. The fraction of sp³-hybridized carbons (Fsp3) is 0.286. The van der Waals surface area contributed by atoms with E-state index < -0.39 is 0 Å². The highest BCUT2D eigenvalue weighted by Gasteiger charge is 2.04. The predicted molar refractivity (Wildman–Crippen MR) is 73.8 cm³/mol. The molecule has 96 valence electrons. The summed E-state index contributed by atoms with van der Waals surface area (Å²) in [5, 5.41) is 0. The molecule has 0 atom stereocenters. The summed E-state index contributed by atoms with van der Waals surface area (Å²) in [5.41, 5.74) is 6.71. The fourth-order valence-electron chi connectivity index (χ4n) is 1.84. The third-order valence-corrected chi connectivity index (χ3v) is 3.80. The maximum Gasteiger partial charge on any atom is 0.123 e. The van der Waals surface area contributed by atoms with E-state index in [9.17, 15) is 4.39 Å². The molecule has 2 aromatic rings. The number of nitrogens with two attached hydrogens (primary N) is 1. The Labute approximate surface area is 111 Å². The first-order chi connectivity index (χ1) is 8.67. The van der Waals surface area contributed by atoms with Gasteiger partial charge in [0.1, 0.15) is 5.82 Å². The van der Waals surface area contributed by atoms with E-state index in [0.717, 1.165) is 18.7 Å². The van der Waals surface area contributed by atoms with Crippen molar-refractivity contribution in [2.45, 2.75) is 19.6 Å². The van der Waals surface area contributed by atoms with E-state index in [-0.39, 0.29) is 5.82 Å². The Morgan fingerprint density at radius 1 is 1.06 bits per heavy atom. The van der Waals surface area contributed by atoms with Crippen LogP contribution in [0.1, 0.15) is 15.3 Å². The van der Waals surface area contributed by atoms with Gasteiger partial charge in [-0.3, -0.25) is 4.90 Å². The third-order valence-electron chi connectivity index (χ3n) is 2.71. The van der Waals surface area contributed by atoms with Crippen LogP contribution in [0, 0.1) is 5.82 Å². The lowest BCUT2D eigenvalue weighted by Crippen LogP contribution is -2.16. The van der Waals surface area contributed by atoms with Crippen LogP contribution in [0.4, 0.5) is 4.39 Å². The Morgan fingerprint density at radius 2 is 1.72 bits per heavy atom. The molecule has 2 N–H and O–H groups in total. The predicted octanol–water partition coefficient (Wildman–Crippen LogP) is 2.98. The van der Waals surface area contributed by atoms with E-state index in [4.69, 9.17) is 5.73 Å². The number of rotatable bonds is 5. The largest absolute Gasteiger partial charge is 0.326 e. The van der Waals surface area contributed by atoms with Crippen LogP contribution in [-0.4, -0.2) is 11.9 Å². The van der Waals surface area contributed by atoms with Gasteiger partial charge < -0.3 is 5.73 Å². The van der Waals surface area contributed by atoms with Gasteiger partial charge in [0.2, 0.25) is 0 Å². The smallest absolute Gasteiger partial charge is 0.123 e. The number of nitrogens with zero attached hydrogens (tertiary/aromatic N) is 1. The van der Waals surface area contributed by atoms with E-state index in [1.807, 2.05) is 12.1 Å². The van der Waals surface area contributed by atoms with Crippen molar-refractivity contribution in [3.63, 3.8) is 0 Å². The Morgan fingerprint density at radius 3 is 2.33 bits per heavy atom. The maximum atomic E-state index is 12.8. The second kappa shape index (κ2) is 6.09.